The monoisotopic (exact) mass is 355 g/mol. The van der Waals surface area contributed by atoms with E-state index in [1.54, 1.807) is 11.8 Å². The van der Waals surface area contributed by atoms with Gasteiger partial charge in [-0.3, -0.25) is 4.79 Å². The van der Waals surface area contributed by atoms with E-state index in [2.05, 4.69) is 20.8 Å². The lowest BCUT2D eigenvalue weighted by molar-refractivity contribution is -0.113. The van der Waals surface area contributed by atoms with E-state index >= 15 is 0 Å². The van der Waals surface area contributed by atoms with E-state index in [4.69, 9.17) is 4.74 Å². The predicted octanol–water partition coefficient (Wildman–Crippen LogP) is 2.71. The molecule has 0 aliphatic heterocycles. The number of aryl methyl sites for hydroxylation is 1. The Morgan fingerprint density at radius 3 is 2.80 bits per heavy atom. The fourth-order valence-corrected chi connectivity index (χ4v) is 2.93. The van der Waals surface area contributed by atoms with Crippen molar-refractivity contribution in [2.75, 3.05) is 18.2 Å². The van der Waals surface area contributed by atoms with E-state index in [1.165, 1.54) is 11.8 Å². The van der Waals surface area contributed by atoms with Crippen molar-refractivity contribution in [3.05, 3.63) is 54.1 Å². The largest absolute Gasteiger partial charge is 0.495 e. The molecular formula is C17H17N5O2S. The zero-order valence-electron chi connectivity index (χ0n) is 13.8. The van der Waals surface area contributed by atoms with Gasteiger partial charge in [-0.1, -0.05) is 36.0 Å². The highest BCUT2D eigenvalue weighted by atomic mass is 32.2. The first-order valence-corrected chi connectivity index (χ1v) is 8.57. The highest BCUT2D eigenvalue weighted by molar-refractivity contribution is 7.99. The third-order valence-corrected chi connectivity index (χ3v) is 4.32. The number of methoxy groups -OCH3 is 1. The van der Waals surface area contributed by atoms with Gasteiger partial charge in [-0.2, -0.15) is 4.68 Å². The van der Waals surface area contributed by atoms with Gasteiger partial charge >= 0.3 is 0 Å². The van der Waals surface area contributed by atoms with Crippen molar-refractivity contribution in [3.63, 3.8) is 0 Å². The number of hydrogen-bond acceptors (Lipinski definition) is 6. The lowest BCUT2D eigenvalue weighted by Crippen LogP contribution is -2.15. The fourth-order valence-electron chi connectivity index (χ4n) is 2.24. The number of nitrogens with one attached hydrogen (secondary N) is 1. The summed E-state index contributed by atoms with van der Waals surface area (Å²) in [7, 11) is 1.57. The van der Waals surface area contributed by atoms with E-state index in [1.807, 2.05) is 55.5 Å². The van der Waals surface area contributed by atoms with E-state index in [-0.39, 0.29) is 11.7 Å². The molecule has 3 rings (SSSR count). The second-order valence-corrected chi connectivity index (χ2v) is 6.19. The number of hydrogen-bond donors (Lipinski definition) is 1. The normalized spacial score (nSPS) is 10.5. The molecule has 0 saturated heterocycles. The topological polar surface area (TPSA) is 81.9 Å². The fraction of sp³-hybridized carbons (Fsp3) is 0.176. The Hall–Kier alpha value is -2.87. The number of tetrazole rings is 1. The van der Waals surface area contributed by atoms with Crippen LogP contribution >= 0.6 is 11.8 Å². The minimum Gasteiger partial charge on any atom is -0.495 e. The van der Waals surface area contributed by atoms with Crippen LogP contribution in [0.3, 0.4) is 0 Å². The summed E-state index contributed by atoms with van der Waals surface area (Å²) in [5.41, 5.74) is 2.53. The van der Waals surface area contributed by atoms with E-state index in [0.29, 0.717) is 16.6 Å². The number of amides is 1. The van der Waals surface area contributed by atoms with Crippen molar-refractivity contribution < 1.29 is 9.53 Å². The molecule has 3 aromatic rings. The molecule has 0 unspecified atom stereocenters. The molecule has 0 atom stereocenters. The quantitative estimate of drug-likeness (QED) is 0.685. The van der Waals surface area contributed by atoms with Crippen molar-refractivity contribution >= 4 is 23.4 Å². The zero-order chi connectivity index (χ0) is 17.6. The summed E-state index contributed by atoms with van der Waals surface area (Å²) in [4.78, 5) is 12.3. The minimum absolute atomic E-state index is 0.156. The van der Waals surface area contributed by atoms with Crippen LogP contribution in [0.2, 0.25) is 0 Å². The van der Waals surface area contributed by atoms with Gasteiger partial charge in [0.2, 0.25) is 11.1 Å². The number of benzene rings is 2. The molecule has 8 heteroatoms. The summed E-state index contributed by atoms with van der Waals surface area (Å²) in [5.74, 6) is 0.652. The van der Waals surface area contributed by atoms with Crippen LogP contribution in [0.25, 0.3) is 5.69 Å². The Labute approximate surface area is 149 Å². The van der Waals surface area contributed by atoms with Gasteiger partial charge in [-0.15, -0.1) is 5.10 Å². The highest BCUT2D eigenvalue weighted by Crippen LogP contribution is 2.26. The molecule has 1 N–H and O–H groups in total. The van der Waals surface area contributed by atoms with E-state index in [0.717, 1.165) is 11.3 Å². The summed E-state index contributed by atoms with van der Waals surface area (Å²) in [6.45, 7) is 1.96. The third-order valence-electron chi connectivity index (χ3n) is 3.40. The number of ether oxygens (including phenoxy) is 1. The number of anilines is 1. The number of rotatable bonds is 6. The molecule has 7 nitrogen and oxygen atoms in total. The van der Waals surface area contributed by atoms with Crippen LogP contribution in [-0.4, -0.2) is 39.0 Å². The molecular weight excluding hydrogens is 338 g/mol. The van der Waals surface area contributed by atoms with Crippen LogP contribution in [0, 0.1) is 6.92 Å². The van der Waals surface area contributed by atoms with Crippen molar-refractivity contribution in [2.24, 2.45) is 0 Å². The molecule has 1 aromatic heterocycles. The first-order valence-electron chi connectivity index (χ1n) is 7.58. The van der Waals surface area contributed by atoms with Crippen LogP contribution in [0.1, 0.15) is 5.56 Å². The summed E-state index contributed by atoms with van der Waals surface area (Å²) in [6.07, 6.45) is 0. The van der Waals surface area contributed by atoms with Crippen molar-refractivity contribution in [1.82, 2.24) is 20.2 Å². The minimum atomic E-state index is -0.156. The number of nitrogens with zero attached hydrogens (tertiary/aromatic N) is 4. The van der Waals surface area contributed by atoms with Crippen molar-refractivity contribution in [3.8, 4) is 11.4 Å². The van der Waals surface area contributed by atoms with E-state index < -0.39 is 0 Å². The molecule has 25 heavy (non-hydrogen) atoms. The average molecular weight is 355 g/mol. The van der Waals surface area contributed by atoms with Crippen LogP contribution < -0.4 is 10.1 Å². The molecule has 2 aromatic carbocycles. The SMILES string of the molecule is COc1ccc(C)cc1NC(=O)CSc1nnnn1-c1ccccc1. The van der Waals surface area contributed by atoms with Gasteiger partial charge in [0.05, 0.1) is 24.2 Å². The number of aromatic nitrogens is 4. The average Bonchev–Trinajstić information content (AvgIpc) is 3.09. The molecule has 128 valence electrons. The summed E-state index contributed by atoms with van der Waals surface area (Å²) >= 11 is 1.27. The van der Waals surface area contributed by atoms with Gasteiger partial charge < -0.3 is 10.1 Å². The van der Waals surface area contributed by atoms with Gasteiger partial charge in [0.15, 0.2) is 0 Å². The predicted molar refractivity (Wildman–Crippen MR) is 96.2 cm³/mol. The van der Waals surface area contributed by atoms with Gasteiger partial charge in [0, 0.05) is 0 Å². The first kappa shape index (κ1) is 17.0. The molecule has 0 fully saturated rings. The lowest BCUT2D eigenvalue weighted by Gasteiger charge is -2.10. The summed E-state index contributed by atoms with van der Waals surface area (Å²) in [5, 5.41) is 15.1. The molecule has 1 heterocycles. The molecule has 0 saturated carbocycles. The summed E-state index contributed by atoms with van der Waals surface area (Å²) < 4.78 is 6.87. The van der Waals surface area contributed by atoms with Gasteiger partial charge in [0.1, 0.15) is 5.75 Å². The van der Waals surface area contributed by atoms with Gasteiger partial charge in [-0.25, -0.2) is 0 Å². The Balaban J connectivity index is 1.66. The van der Waals surface area contributed by atoms with Crippen LogP contribution in [0.15, 0.2) is 53.7 Å². The van der Waals surface area contributed by atoms with Crippen LogP contribution in [0.4, 0.5) is 5.69 Å². The Morgan fingerprint density at radius 2 is 2.04 bits per heavy atom. The lowest BCUT2D eigenvalue weighted by atomic mass is 10.2. The Kier molecular flexibility index (Phi) is 5.30. The molecule has 0 aliphatic carbocycles. The van der Waals surface area contributed by atoms with E-state index in [9.17, 15) is 4.79 Å². The smallest absolute Gasteiger partial charge is 0.234 e. The molecule has 1 amide bonds. The standard InChI is InChI=1S/C17H17N5O2S/c1-12-8-9-15(24-2)14(10-12)18-16(23)11-25-17-19-20-21-22(17)13-6-4-3-5-7-13/h3-10H,11H2,1-2H3,(H,18,23). The molecule has 0 bridgehead atoms. The van der Waals surface area contributed by atoms with Gasteiger partial charge in [0.25, 0.3) is 0 Å². The number of para-hydroxylation sites is 1. The number of thioether (sulfide) groups is 1. The maximum Gasteiger partial charge on any atom is 0.234 e. The Bertz CT molecular complexity index is 866. The molecule has 0 radical (unpaired) electrons. The summed E-state index contributed by atoms with van der Waals surface area (Å²) in [6, 6.07) is 15.2. The second kappa shape index (κ2) is 7.80. The molecule has 0 spiro atoms. The zero-order valence-corrected chi connectivity index (χ0v) is 14.7. The second-order valence-electron chi connectivity index (χ2n) is 5.25. The van der Waals surface area contributed by atoms with Gasteiger partial charge in [-0.05, 0) is 47.2 Å². The Morgan fingerprint density at radius 1 is 1.24 bits per heavy atom. The van der Waals surface area contributed by atoms with Crippen LogP contribution in [-0.2, 0) is 4.79 Å². The maximum atomic E-state index is 12.3. The maximum absolute atomic E-state index is 12.3. The van der Waals surface area contributed by atoms with Crippen molar-refractivity contribution in [2.45, 2.75) is 12.1 Å². The third kappa shape index (κ3) is 4.16. The van der Waals surface area contributed by atoms with Crippen LogP contribution in [0.5, 0.6) is 5.75 Å². The highest BCUT2D eigenvalue weighted by Gasteiger charge is 2.13. The molecule has 0 aliphatic rings. The first-order chi connectivity index (χ1) is 12.2. The number of carbonyl (C=O) groups is 1. The van der Waals surface area contributed by atoms with Crippen molar-refractivity contribution in [1.29, 1.82) is 0 Å². The number of carbonyl (C=O) groups excluding carboxylic acids is 1.